The lowest BCUT2D eigenvalue weighted by atomic mass is 10.0. The van der Waals surface area contributed by atoms with E-state index >= 15 is 0 Å². The molecular weight excluding hydrogens is 222 g/mol. The summed E-state index contributed by atoms with van der Waals surface area (Å²) < 4.78 is 5.70. The van der Waals surface area contributed by atoms with Crippen LogP contribution in [0.2, 0.25) is 0 Å². The van der Waals surface area contributed by atoms with Crippen molar-refractivity contribution in [2.24, 2.45) is 0 Å². The van der Waals surface area contributed by atoms with E-state index in [-0.39, 0.29) is 0 Å². The fraction of sp³-hybridized carbons (Fsp3) is 0.625. The Kier molecular flexibility index (Phi) is 5.21. The molecule has 1 heterocycles. The molecule has 2 nitrogen and oxygen atoms in total. The number of hydrogen-bond donors (Lipinski definition) is 1. The van der Waals surface area contributed by atoms with Gasteiger partial charge in [-0.25, -0.2) is 0 Å². The van der Waals surface area contributed by atoms with Crippen molar-refractivity contribution in [2.45, 2.75) is 51.7 Å². The Morgan fingerprint density at radius 2 is 2.00 bits per heavy atom. The summed E-state index contributed by atoms with van der Waals surface area (Å²) in [4.78, 5) is 0. The van der Waals surface area contributed by atoms with Crippen LogP contribution >= 0.6 is 0 Å². The van der Waals surface area contributed by atoms with Crippen molar-refractivity contribution in [3.63, 3.8) is 0 Å². The van der Waals surface area contributed by atoms with Gasteiger partial charge < -0.3 is 10.1 Å². The van der Waals surface area contributed by atoms with Gasteiger partial charge in [-0.3, -0.25) is 0 Å². The molecule has 2 heteroatoms. The molecule has 1 aliphatic rings. The molecule has 1 N–H and O–H groups in total. The SMILES string of the molecule is CC(C)c1ccc(CNCC2CCCCO2)cc1. The van der Waals surface area contributed by atoms with E-state index in [0.717, 1.165) is 19.7 Å². The zero-order chi connectivity index (χ0) is 12.8. The van der Waals surface area contributed by atoms with Gasteiger partial charge in [-0.15, -0.1) is 0 Å². The molecule has 0 saturated carbocycles. The first kappa shape index (κ1) is 13.6. The summed E-state index contributed by atoms with van der Waals surface area (Å²) in [6.45, 7) is 7.32. The maximum atomic E-state index is 5.70. The Balaban J connectivity index is 1.72. The molecule has 1 atom stereocenters. The first-order valence-corrected chi connectivity index (χ1v) is 7.17. The molecule has 0 amide bonds. The lowest BCUT2D eigenvalue weighted by Crippen LogP contribution is -2.31. The van der Waals surface area contributed by atoms with Crippen LogP contribution in [0.5, 0.6) is 0 Å². The van der Waals surface area contributed by atoms with Crippen molar-refractivity contribution < 1.29 is 4.74 Å². The third kappa shape index (κ3) is 4.11. The third-order valence-electron chi connectivity index (χ3n) is 3.62. The van der Waals surface area contributed by atoms with Gasteiger partial charge in [0.05, 0.1) is 6.10 Å². The topological polar surface area (TPSA) is 21.3 Å². The van der Waals surface area contributed by atoms with Crippen molar-refractivity contribution in [2.75, 3.05) is 13.2 Å². The van der Waals surface area contributed by atoms with Crippen LogP contribution in [0.25, 0.3) is 0 Å². The Hall–Kier alpha value is -0.860. The summed E-state index contributed by atoms with van der Waals surface area (Å²) in [6, 6.07) is 8.92. The second kappa shape index (κ2) is 6.91. The van der Waals surface area contributed by atoms with Crippen LogP contribution in [0.1, 0.15) is 50.2 Å². The second-order valence-electron chi connectivity index (χ2n) is 5.52. The monoisotopic (exact) mass is 247 g/mol. The van der Waals surface area contributed by atoms with Gasteiger partial charge in [0.2, 0.25) is 0 Å². The van der Waals surface area contributed by atoms with Crippen molar-refractivity contribution >= 4 is 0 Å². The highest BCUT2D eigenvalue weighted by Gasteiger charge is 2.12. The standard InChI is InChI=1S/C16H25NO/c1-13(2)15-8-6-14(7-9-15)11-17-12-16-5-3-4-10-18-16/h6-9,13,16-17H,3-5,10-12H2,1-2H3. The van der Waals surface area contributed by atoms with Crippen molar-refractivity contribution in [3.05, 3.63) is 35.4 Å². The zero-order valence-electron chi connectivity index (χ0n) is 11.6. The first-order valence-electron chi connectivity index (χ1n) is 7.17. The highest BCUT2D eigenvalue weighted by Crippen LogP contribution is 2.15. The summed E-state index contributed by atoms with van der Waals surface area (Å²) in [5, 5.41) is 3.50. The molecule has 1 aromatic rings. The maximum absolute atomic E-state index is 5.70. The summed E-state index contributed by atoms with van der Waals surface area (Å²) in [6.07, 6.45) is 4.18. The number of rotatable bonds is 5. The van der Waals surface area contributed by atoms with E-state index in [1.165, 1.54) is 30.4 Å². The van der Waals surface area contributed by atoms with E-state index in [0.29, 0.717) is 12.0 Å². The Morgan fingerprint density at radius 3 is 2.61 bits per heavy atom. The Bertz CT molecular complexity index is 339. The lowest BCUT2D eigenvalue weighted by molar-refractivity contribution is 0.0168. The van der Waals surface area contributed by atoms with E-state index < -0.39 is 0 Å². The van der Waals surface area contributed by atoms with E-state index in [2.05, 4.69) is 43.4 Å². The van der Waals surface area contributed by atoms with Gasteiger partial charge in [0.15, 0.2) is 0 Å². The average molecular weight is 247 g/mol. The molecule has 2 rings (SSSR count). The van der Waals surface area contributed by atoms with Gasteiger partial charge in [-0.05, 0) is 36.3 Å². The van der Waals surface area contributed by atoms with Gasteiger partial charge in [-0.1, -0.05) is 38.1 Å². The first-order chi connectivity index (χ1) is 8.75. The van der Waals surface area contributed by atoms with Crippen LogP contribution in [-0.4, -0.2) is 19.3 Å². The van der Waals surface area contributed by atoms with Gasteiger partial charge in [0, 0.05) is 19.7 Å². The molecule has 18 heavy (non-hydrogen) atoms. The minimum absolute atomic E-state index is 0.425. The Morgan fingerprint density at radius 1 is 1.22 bits per heavy atom. The number of hydrogen-bond acceptors (Lipinski definition) is 2. The van der Waals surface area contributed by atoms with E-state index in [1.807, 2.05) is 0 Å². The highest BCUT2D eigenvalue weighted by molar-refractivity contribution is 5.24. The largest absolute Gasteiger partial charge is 0.377 e. The molecule has 1 aromatic carbocycles. The molecule has 1 unspecified atom stereocenters. The van der Waals surface area contributed by atoms with Crippen LogP contribution in [0.4, 0.5) is 0 Å². The minimum Gasteiger partial charge on any atom is -0.377 e. The highest BCUT2D eigenvalue weighted by atomic mass is 16.5. The molecular formula is C16H25NO. The lowest BCUT2D eigenvalue weighted by Gasteiger charge is -2.22. The fourth-order valence-electron chi connectivity index (χ4n) is 2.37. The molecule has 0 spiro atoms. The van der Waals surface area contributed by atoms with Crippen LogP contribution in [0, 0.1) is 0 Å². The van der Waals surface area contributed by atoms with Crippen molar-refractivity contribution in [3.8, 4) is 0 Å². The predicted molar refractivity (Wildman–Crippen MR) is 75.8 cm³/mol. The molecule has 0 aliphatic carbocycles. The minimum atomic E-state index is 0.425. The molecule has 0 aromatic heterocycles. The smallest absolute Gasteiger partial charge is 0.0699 e. The summed E-state index contributed by atoms with van der Waals surface area (Å²) >= 11 is 0. The van der Waals surface area contributed by atoms with Gasteiger partial charge in [0.25, 0.3) is 0 Å². The molecule has 0 radical (unpaired) electrons. The normalized spacial score (nSPS) is 20.3. The second-order valence-corrected chi connectivity index (χ2v) is 5.52. The van der Waals surface area contributed by atoms with E-state index in [4.69, 9.17) is 4.74 Å². The van der Waals surface area contributed by atoms with Crippen LogP contribution in [0.15, 0.2) is 24.3 Å². The van der Waals surface area contributed by atoms with Crippen LogP contribution in [0.3, 0.4) is 0 Å². The van der Waals surface area contributed by atoms with Crippen LogP contribution < -0.4 is 5.32 Å². The quantitative estimate of drug-likeness (QED) is 0.860. The summed E-state index contributed by atoms with van der Waals surface area (Å²) in [5.41, 5.74) is 2.77. The number of nitrogens with one attached hydrogen (secondary N) is 1. The number of ether oxygens (including phenoxy) is 1. The molecule has 1 aliphatic heterocycles. The molecule has 0 bridgehead atoms. The van der Waals surface area contributed by atoms with Gasteiger partial charge in [-0.2, -0.15) is 0 Å². The third-order valence-corrected chi connectivity index (χ3v) is 3.62. The summed E-state index contributed by atoms with van der Waals surface area (Å²) in [5.74, 6) is 0.614. The van der Waals surface area contributed by atoms with Gasteiger partial charge >= 0.3 is 0 Å². The fourth-order valence-corrected chi connectivity index (χ4v) is 2.37. The van der Waals surface area contributed by atoms with Crippen molar-refractivity contribution in [1.29, 1.82) is 0 Å². The van der Waals surface area contributed by atoms with Gasteiger partial charge in [0.1, 0.15) is 0 Å². The zero-order valence-corrected chi connectivity index (χ0v) is 11.6. The predicted octanol–water partition coefficient (Wildman–Crippen LogP) is 3.47. The van der Waals surface area contributed by atoms with E-state index in [1.54, 1.807) is 0 Å². The van der Waals surface area contributed by atoms with Crippen LogP contribution in [-0.2, 0) is 11.3 Å². The average Bonchev–Trinajstić information content (AvgIpc) is 2.40. The molecule has 1 saturated heterocycles. The Labute approximate surface area is 111 Å². The molecule has 100 valence electrons. The van der Waals surface area contributed by atoms with E-state index in [9.17, 15) is 0 Å². The number of benzene rings is 1. The van der Waals surface area contributed by atoms with Crippen molar-refractivity contribution in [1.82, 2.24) is 5.32 Å². The maximum Gasteiger partial charge on any atom is 0.0699 e. The summed E-state index contributed by atoms with van der Waals surface area (Å²) in [7, 11) is 0. The molecule has 1 fully saturated rings.